The Morgan fingerprint density at radius 1 is 1.30 bits per heavy atom. The molecule has 1 heterocycles. The Morgan fingerprint density at radius 2 is 1.89 bits per heavy atom. The molecule has 27 heavy (non-hydrogen) atoms. The fraction of sp³-hybridized carbons (Fsp3) is 0.600. The van der Waals surface area contributed by atoms with Crippen LogP contribution in [0.25, 0.3) is 0 Å². The Balaban J connectivity index is 2.13. The van der Waals surface area contributed by atoms with E-state index in [2.05, 4.69) is 5.32 Å². The van der Waals surface area contributed by atoms with E-state index in [9.17, 15) is 14.7 Å². The van der Waals surface area contributed by atoms with Gasteiger partial charge in [-0.15, -0.1) is 0 Å². The number of piperidine rings is 1. The zero-order valence-corrected chi connectivity index (χ0v) is 17.2. The molecule has 2 amide bonds. The van der Waals surface area contributed by atoms with Crippen molar-refractivity contribution >= 4 is 23.4 Å². The lowest BCUT2D eigenvalue weighted by molar-refractivity contribution is -0.156. The lowest BCUT2D eigenvalue weighted by Crippen LogP contribution is -2.58. The molecule has 0 bridgehead atoms. The molecule has 1 aromatic rings. The molecule has 1 aromatic carbocycles. The van der Waals surface area contributed by atoms with Crippen LogP contribution in [-0.4, -0.2) is 47.5 Å². The van der Waals surface area contributed by atoms with E-state index in [1.807, 2.05) is 26.0 Å². The summed E-state index contributed by atoms with van der Waals surface area (Å²) in [6.07, 6.45) is 0.434. The first-order valence-electron chi connectivity index (χ1n) is 9.28. The van der Waals surface area contributed by atoms with E-state index in [0.29, 0.717) is 24.5 Å². The Kier molecular flexibility index (Phi) is 6.55. The third-order valence-electron chi connectivity index (χ3n) is 5.80. The van der Waals surface area contributed by atoms with Gasteiger partial charge in [-0.05, 0) is 31.0 Å². The Hall–Kier alpha value is -1.63. The number of nitrogens with two attached hydrogens (primary N) is 1. The van der Waals surface area contributed by atoms with Gasteiger partial charge in [-0.25, -0.2) is 0 Å². The van der Waals surface area contributed by atoms with Crippen LogP contribution in [0.4, 0.5) is 0 Å². The molecule has 3 atom stereocenters. The Morgan fingerprint density at radius 3 is 2.41 bits per heavy atom. The lowest BCUT2D eigenvalue weighted by atomic mass is 9.66. The summed E-state index contributed by atoms with van der Waals surface area (Å²) in [7, 11) is 0. The average molecular weight is 396 g/mol. The van der Waals surface area contributed by atoms with Gasteiger partial charge in [0, 0.05) is 29.6 Å². The van der Waals surface area contributed by atoms with Crippen LogP contribution in [-0.2, 0) is 15.2 Å². The molecule has 0 saturated carbocycles. The second kappa shape index (κ2) is 8.17. The minimum Gasteiger partial charge on any atom is -0.384 e. The largest absolute Gasteiger partial charge is 0.384 e. The molecule has 0 aliphatic carbocycles. The first-order chi connectivity index (χ1) is 12.5. The molecule has 0 spiro atoms. The van der Waals surface area contributed by atoms with Crippen LogP contribution < -0.4 is 11.1 Å². The molecule has 1 unspecified atom stereocenters. The van der Waals surface area contributed by atoms with E-state index in [0.717, 1.165) is 5.56 Å². The van der Waals surface area contributed by atoms with E-state index >= 15 is 0 Å². The molecule has 6 nitrogen and oxygen atoms in total. The van der Waals surface area contributed by atoms with Gasteiger partial charge in [0.25, 0.3) is 0 Å². The number of carbonyl (C=O) groups excluding carboxylic acids is 2. The first kappa shape index (κ1) is 21.7. The van der Waals surface area contributed by atoms with Gasteiger partial charge in [0.1, 0.15) is 0 Å². The van der Waals surface area contributed by atoms with E-state index in [1.165, 1.54) is 0 Å². The quantitative estimate of drug-likeness (QED) is 0.709. The number of nitrogens with zero attached hydrogens (tertiary/aromatic N) is 1. The molecule has 0 radical (unpaired) electrons. The number of hydrogen-bond acceptors (Lipinski definition) is 4. The van der Waals surface area contributed by atoms with Crippen molar-refractivity contribution in [3.8, 4) is 0 Å². The SMILES string of the molecule is CC(NC(=O)CN)[C@@H](C)C(=O)N1CC[C@](O)(c2ccc(Cl)cc2)C(C)(C)C1. The summed E-state index contributed by atoms with van der Waals surface area (Å²) in [5.41, 5.74) is 4.54. The molecule has 1 aliphatic heterocycles. The van der Waals surface area contributed by atoms with E-state index < -0.39 is 11.0 Å². The summed E-state index contributed by atoms with van der Waals surface area (Å²) >= 11 is 5.97. The molecule has 1 saturated heterocycles. The van der Waals surface area contributed by atoms with E-state index in [1.54, 1.807) is 30.9 Å². The minimum atomic E-state index is -1.04. The smallest absolute Gasteiger partial charge is 0.233 e. The number of aliphatic hydroxyl groups is 1. The molecule has 4 N–H and O–H groups in total. The van der Waals surface area contributed by atoms with Crippen molar-refractivity contribution in [2.45, 2.75) is 45.8 Å². The Labute approximate surface area is 166 Å². The van der Waals surface area contributed by atoms with Gasteiger partial charge in [0.15, 0.2) is 0 Å². The van der Waals surface area contributed by atoms with Crippen LogP contribution in [0.3, 0.4) is 0 Å². The third-order valence-corrected chi connectivity index (χ3v) is 6.05. The standard InChI is InChI=1S/C20H30ClN3O3/c1-13(14(2)23-17(25)11-22)18(26)24-10-9-20(27,19(3,4)12-24)15-5-7-16(21)8-6-15/h5-8,13-14,27H,9-12,22H2,1-4H3,(H,23,25)/t13-,14?,20+/m1/s1. The number of halogens is 1. The number of carbonyl (C=O) groups is 2. The number of likely N-dealkylation sites (tertiary alicyclic amines) is 1. The van der Waals surface area contributed by atoms with Gasteiger partial charge in [-0.1, -0.05) is 44.5 Å². The molecule has 0 aromatic heterocycles. The molecule has 1 fully saturated rings. The highest BCUT2D eigenvalue weighted by molar-refractivity contribution is 6.30. The highest BCUT2D eigenvalue weighted by atomic mass is 35.5. The summed E-state index contributed by atoms with van der Waals surface area (Å²) in [5.74, 6) is -0.692. The predicted octanol–water partition coefficient (Wildman–Crippen LogP) is 1.89. The first-order valence-corrected chi connectivity index (χ1v) is 9.66. The van der Waals surface area contributed by atoms with Gasteiger partial charge in [-0.3, -0.25) is 9.59 Å². The van der Waals surface area contributed by atoms with Crippen LogP contribution in [0.5, 0.6) is 0 Å². The van der Waals surface area contributed by atoms with E-state index in [4.69, 9.17) is 17.3 Å². The van der Waals surface area contributed by atoms with Crippen molar-refractivity contribution in [2.24, 2.45) is 17.1 Å². The monoisotopic (exact) mass is 395 g/mol. The number of nitrogens with one attached hydrogen (secondary N) is 1. The van der Waals surface area contributed by atoms with Gasteiger partial charge >= 0.3 is 0 Å². The molecule has 150 valence electrons. The van der Waals surface area contributed by atoms with Crippen LogP contribution in [0.2, 0.25) is 5.02 Å². The topological polar surface area (TPSA) is 95.7 Å². The van der Waals surface area contributed by atoms with Gasteiger partial charge in [0.05, 0.1) is 18.1 Å². The fourth-order valence-electron chi connectivity index (χ4n) is 3.71. The van der Waals surface area contributed by atoms with E-state index in [-0.39, 0.29) is 30.3 Å². The summed E-state index contributed by atoms with van der Waals surface area (Å²) < 4.78 is 0. The molecule has 7 heteroatoms. The number of hydrogen-bond donors (Lipinski definition) is 3. The number of benzene rings is 1. The minimum absolute atomic E-state index is 0.0361. The third kappa shape index (κ3) is 4.45. The van der Waals surface area contributed by atoms with Gasteiger partial charge < -0.3 is 21.1 Å². The van der Waals surface area contributed by atoms with Crippen molar-refractivity contribution in [2.75, 3.05) is 19.6 Å². The predicted molar refractivity (Wildman–Crippen MR) is 106 cm³/mol. The molecular weight excluding hydrogens is 366 g/mol. The maximum atomic E-state index is 12.9. The summed E-state index contributed by atoms with van der Waals surface area (Å²) in [5, 5.41) is 14.8. The average Bonchev–Trinajstić information content (AvgIpc) is 2.62. The van der Waals surface area contributed by atoms with Crippen molar-refractivity contribution < 1.29 is 14.7 Å². The normalized spacial score (nSPS) is 24.2. The zero-order chi connectivity index (χ0) is 20.4. The summed E-state index contributed by atoms with van der Waals surface area (Å²) in [6.45, 7) is 8.30. The van der Waals surface area contributed by atoms with Gasteiger partial charge in [0.2, 0.25) is 11.8 Å². The maximum absolute atomic E-state index is 12.9. The zero-order valence-electron chi connectivity index (χ0n) is 16.5. The van der Waals surface area contributed by atoms with Crippen molar-refractivity contribution in [3.63, 3.8) is 0 Å². The fourth-order valence-corrected chi connectivity index (χ4v) is 3.84. The van der Waals surface area contributed by atoms with Crippen molar-refractivity contribution in [1.82, 2.24) is 10.2 Å². The highest BCUT2D eigenvalue weighted by Crippen LogP contribution is 2.46. The second-order valence-electron chi connectivity index (χ2n) is 8.11. The highest BCUT2D eigenvalue weighted by Gasteiger charge is 2.50. The molecule has 2 rings (SSSR count). The summed E-state index contributed by atoms with van der Waals surface area (Å²) in [4.78, 5) is 26.2. The molecular formula is C20H30ClN3O3. The number of rotatable bonds is 5. The maximum Gasteiger partial charge on any atom is 0.233 e. The van der Waals surface area contributed by atoms with Crippen molar-refractivity contribution in [1.29, 1.82) is 0 Å². The second-order valence-corrected chi connectivity index (χ2v) is 8.55. The summed E-state index contributed by atoms with van der Waals surface area (Å²) in [6, 6.07) is 6.91. The molecule has 1 aliphatic rings. The van der Waals surface area contributed by atoms with Gasteiger partial charge in [-0.2, -0.15) is 0 Å². The number of amides is 2. The Bertz CT molecular complexity index is 692. The van der Waals surface area contributed by atoms with Crippen LogP contribution >= 0.6 is 11.6 Å². The lowest BCUT2D eigenvalue weighted by Gasteiger charge is -2.51. The van der Waals surface area contributed by atoms with Crippen LogP contribution in [0.1, 0.15) is 39.7 Å². The van der Waals surface area contributed by atoms with Crippen LogP contribution in [0, 0.1) is 11.3 Å². The van der Waals surface area contributed by atoms with Crippen LogP contribution in [0.15, 0.2) is 24.3 Å². The van der Waals surface area contributed by atoms with Crippen molar-refractivity contribution in [3.05, 3.63) is 34.9 Å².